The average Bonchev–Trinajstić information content (AvgIpc) is 2.44. The molecule has 0 bridgehead atoms. The summed E-state index contributed by atoms with van der Waals surface area (Å²) >= 11 is 3.34. The molecule has 104 valence electrons. The highest BCUT2D eigenvalue weighted by molar-refractivity contribution is 9.10. The highest BCUT2D eigenvalue weighted by Gasteiger charge is 2.10. The molecule has 1 amide bonds. The number of nitrogens with two attached hydrogens (primary N) is 1. The molecule has 0 aliphatic rings. The predicted molar refractivity (Wildman–Crippen MR) is 85.7 cm³/mol. The van der Waals surface area contributed by atoms with E-state index in [1.807, 2.05) is 18.2 Å². The van der Waals surface area contributed by atoms with Crippen LogP contribution in [0.5, 0.6) is 0 Å². The summed E-state index contributed by atoms with van der Waals surface area (Å²) < 4.78 is 0.804. The second kappa shape index (κ2) is 6.57. The molecule has 2 aromatic rings. The first kappa shape index (κ1) is 14.6. The van der Waals surface area contributed by atoms with Crippen LogP contribution in [0.15, 0.2) is 53.0 Å². The maximum Gasteiger partial charge on any atom is 0.251 e. The van der Waals surface area contributed by atoms with Gasteiger partial charge in [-0.2, -0.15) is 0 Å². The normalized spacial score (nSPS) is 11.9. The van der Waals surface area contributed by atoms with Crippen molar-refractivity contribution in [3.63, 3.8) is 0 Å². The fourth-order valence-corrected chi connectivity index (χ4v) is 2.50. The van der Waals surface area contributed by atoms with Crippen molar-refractivity contribution >= 4 is 27.5 Å². The van der Waals surface area contributed by atoms with Crippen LogP contribution in [0, 0.1) is 0 Å². The van der Waals surface area contributed by atoms with Gasteiger partial charge in [0.05, 0.1) is 0 Å². The second-order valence-electron chi connectivity index (χ2n) is 4.79. The van der Waals surface area contributed by atoms with Crippen LogP contribution < -0.4 is 11.1 Å². The van der Waals surface area contributed by atoms with Crippen LogP contribution in [0.1, 0.15) is 28.8 Å². The van der Waals surface area contributed by atoms with E-state index in [0.717, 1.165) is 4.47 Å². The smallest absolute Gasteiger partial charge is 0.251 e. The molecule has 2 rings (SSSR count). The number of hydrogen-bond donors (Lipinski definition) is 2. The molecule has 0 saturated heterocycles. The Morgan fingerprint density at radius 1 is 1.25 bits per heavy atom. The Balaban J connectivity index is 1.98. The van der Waals surface area contributed by atoms with Gasteiger partial charge in [0.25, 0.3) is 5.91 Å². The van der Waals surface area contributed by atoms with Gasteiger partial charge in [-0.1, -0.05) is 53.2 Å². The van der Waals surface area contributed by atoms with Crippen molar-refractivity contribution < 1.29 is 4.79 Å². The maximum absolute atomic E-state index is 12.1. The second-order valence-corrected chi connectivity index (χ2v) is 5.71. The lowest BCUT2D eigenvalue weighted by Gasteiger charge is -2.13. The van der Waals surface area contributed by atoms with E-state index >= 15 is 0 Å². The molecular formula is C16H17BrN2O. The fraction of sp³-hybridized carbons (Fsp3) is 0.188. The summed E-state index contributed by atoms with van der Waals surface area (Å²) in [6.45, 7) is 2.68. The molecule has 3 N–H and O–H groups in total. The van der Waals surface area contributed by atoms with Crippen LogP contribution in [0.3, 0.4) is 0 Å². The van der Waals surface area contributed by atoms with Gasteiger partial charge in [0.1, 0.15) is 0 Å². The molecular weight excluding hydrogens is 316 g/mol. The number of carbonyl (C=O) groups is 1. The number of hydrogen-bond acceptors (Lipinski definition) is 2. The van der Waals surface area contributed by atoms with Gasteiger partial charge in [0, 0.05) is 22.3 Å². The summed E-state index contributed by atoms with van der Waals surface area (Å²) in [7, 11) is 0. The Morgan fingerprint density at radius 3 is 2.60 bits per heavy atom. The number of amides is 1. The lowest BCUT2D eigenvalue weighted by Crippen LogP contribution is -2.27. The molecule has 0 spiro atoms. The van der Waals surface area contributed by atoms with Crippen molar-refractivity contribution in [1.82, 2.24) is 5.32 Å². The van der Waals surface area contributed by atoms with E-state index in [2.05, 4.69) is 40.3 Å². The molecule has 0 radical (unpaired) electrons. The van der Waals surface area contributed by atoms with E-state index in [-0.39, 0.29) is 11.8 Å². The molecule has 0 aliphatic heterocycles. The molecule has 20 heavy (non-hydrogen) atoms. The number of anilines is 1. The molecule has 0 heterocycles. The third kappa shape index (κ3) is 3.84. The Labute approximate surface area is 127 Å². The van der Waals surface area contributed by atoms with Gasteiger partial charge in [-0.3, -0.25) is 4.79 Å². The summed E-state index contributed by atoms with van der Waals surface area (Å²) in [6.07, 6.45) is 0. The van der Waals surface area contributed by atoms with Gasteiger partial charge < -0.3 is 11.1 Å². The van der Waals surface area contributed by atoms with Crippen molar-refractivity contribution in [2.75, 3.05) is 12.3 Å². The van der Waals surface area contributed by atoms with Crippen LogP contribution in [0.4, 0.5) is 5.69 Å². The van der Waals surface area contributed by atoms with Gasteiger partial charge in [-0.15, -0.1) is 0 Å². The summed E-state index contributed by atoms with van der Waals surface area (Å²) in [4.78, 5) is 12.1. The average molecular weight is 333 g/mol. The van der Waals surface area contributed by atoms with Crippen molar-refractivity contribution in [1.29, 1.82) is 0 Å². The summed E-state index contributed by atoms with van der Waals surface area (Å²) in [5.41, 5.74) is 8.08. The molecule has 0 saturated carbocycles. The molecule has 1 atom stereocenters. The van der Waals surface area contributed by atoms with Crippen molar-refractivity contribution in [2.45, 2.75) is 12.8 Å². The maximum atomic E-state index is 12.1. The molecule has 2 aromatic carbocycles. The third-order valence-corrected chi connectivity index (χ3v) is 3.58. The van der Waals surface area contributed by atoms with Crippen LogP contribution in [-0.4, -0.2) is 12.5 Å². The third-order valence-electron chi connectivity index (χ3n) is 3.12. The summed E-state index contributed by atoms with van der Waals surface area (Å²) in [5, 5.41) is 2.94. The first-order valence-corrected chi connectivity index (χ1v) is 7.25. The van der Waals surface area contributed by atoms with Gasteiger partial charge >= 0.3 is 0 Å². The minimum atomic E-state index is -0.110. The Bertz CT molecular complexity index is 578. The minimum Gasteiger partial charge on any atom is -0.399 e. The quantitative estimate of drug-likeness (QED) is 0.841. The van der Waals surface area contributed by atoms with Crippen molar-refractivity contribution in [2.24, 2.45) is 0 Å². The van der Waals surface area contributed by atoms with E-state index in [4.69, 9.17) is 5.73 Å². The Kier molecular flexibility index (Phi) is 4.79. The number of benzene rings is 2. The SMILES string of the molecule is CC(CNC(=O)c1cc(N)cc(Br)c1)c1ccccc1. The monoisotopic (exact) mass is 332 g/mol. The molecule has 0 fully saturated rings. The van der Waals surface area contributed by atoms with Crippen LogP contribution >= 0.6 is 15.9 Å². The first-order chi connectivity index (χ1) is 9.56. The van der Waals surface area contributed by atoms with Crippen molar-refractivity contribution in [3.8, 4) is 0 Å². The molecule has 3 nitrogen and oxygen atoms in total. The summed E-state index contributed by atoms with van der Waals surface area (Å²) in [5.74, 6) is 0.158. The zero-order valence-corrected chi connectivity index (χ0v) is 12.9. The number of nitrogens with one attached hydrogen (secondary N) is 1. The van der Waals surface area contributed by atoms with Crippen molar-refractivity contribution in [3.05, 3.63) is 64.1 Å². The number of halogens is 1. The largest absolute Gasteiger partial charge is 0.399 e. The van der Waals surface area contributed by atoms with E-state index in [1.54, 1.807) is 18.2 Å². The lowest BCUT2D eigenvalue weighted by molar-refractivity contribution is 0.0951. The van der Waals surface area contributed by atoms with E-state index in [0.29, 0.717) is 17.8 Å². The topological polar surface area (TPSA) is 55.1 Å². The van der Waals surface area contributed by atoms with Gasteiger partial charge in [0.2, 0.25) is 0 Å². The van der Waals surface area contributed by atoms with Crippen LogP contribution in [0.25, 0.3) is 0 Å². The molecule has 1 unspecified atom stereocenters. The van der Waals surface area contributed by atoms with Gasteiger partial charge in [-0.05, 0) is 29.7 Å². The molecule has 0 aromatic heterocycles. The highest BCUT2D eigenvalue weighted by atomic mass is 79.9. The molecule has 0 aliphatic carbocycles. The number of nitrogen functional groups attached to an aromatic ring is 1. The van der Waals surface area contributed by atoms with E-state index < -0.39 is 0 Å². The Morgan fingerprint density at radius 2 is 1.95 bits per heavy atom. The van der Waals surface area contributed by atoms with Crippen LogP contribution in [0.2, 0.25) is 0 Å². The van der Waals surface area contributed by atoms with Gasteiger partial charge in [-0.25, -0.2) is 0 Å². The number of rotatable bonds is 4. The van der Waals surface area contributed by atoms with E-state index in [9.17, 15) is 4.79 Å². The predicted octanol–water partition coefficient (Wildman–Crippen LogP) is 3.56. The van der Waals surface area contributed by atoms with Gasteiger partial charge in [0.15, 0.2) is 0 Å². The number of carbonyl (C=O) groups excluding carboxylic acids is 1. The zero-order valence-electron chi connectivity index (χ0n) is 11.3. The zero-order chi connectivity index (χ0) is 14.5. The fourth-order valence-electron chi connectivity index (χ4n) is 1.99. The Hall–Kier alpha value is -1.81. The minimum absolute atomic E-state index is 0.110. The lowest BCUT2D eigenvalue weighted by atomic mass is 10.0. The molecule has 4 heteroatoms. The first-order valence-electron chi connectivity index (χ1n) is 6.45. The standard InChI is InChI=1S/C16H17BrN2O/c1-11(12-5-3-2-4-6-12)10-19-16(20)13-7-14(17)9-15(18)8-13/h2-9,11H,10,18H2,1H3,(H,19,20). The highest BCUT2D eigenvalue weighted by Crippen LogP contribution is 2.18. The van der Waals surface area contributed by atoms with E-state index in [1.165, 1.54) is 5.56 Å². The van der Waals surface area contributed by atoms with Crippen LogP contribution in [-0.2, 0) is 0 Å². The summed E-state index contributed by atoms with van der Waals surface area (Å²) in [6, 6.07) is 15.3.